The second-order valence-corrected chi connectivity index (χ2v) is 1.09. The van der Waals surface area contributed by atoms with E-state index >= 15 is 0 Å². The van der Waals surface area contributed by atoms with Gasteiger partial charge in [-0.05, 0) is 0 Å². The van der Waals surface area contributed by atoms with Crippen LogP contribution < -0.4 is 10.9 Å². The molecule has 1 heterocycles. The minimum atomic E-state index is -0.627. The number of hydrogen-bond acceptors (Lipinski definition) is 3. The maximum Gasteiger partial charge on any atom is 0.253 e. The molecule has 2 radical (unpaired) electrons. The number of aryl methyl sites for hydroxylation is 1. The summed E-state index contributed by atoms with van der Waals surface area (Å²) >= 11 is 0. The summed E-state index contributed by atoms with van der Waals surface area (Å²) in [5, 5.41) is 6.33. The van der Waals surface area contributed by atoms with Crippen molar-refractivity contribution < 1.29 is 69.8 Å². The molecule has 0 atom stereocenters. The molecule has 0 aliphatic heterocycles. The van der Waals surface area contributed by atoms with Crippen molar-refractivity contribution in [3.8, 4) is 0 Å². The van der Waals surface area contributed by atoms with Gasteiger partial charge in [-0.2, -0.15) is 0 Å². The average molecular weight is 277 g/mol. The Morgan fingerprint density at radius 2 is 2.11 bits per heavy atom. The molecule has 0 spiro atoms. The molecule has 0 N–H and O–H groups in total. The van der Waals surface area contributed by atoms with Gasteiger partial charge in [0.25, 0.3) is 5.76 Å². The Morgan fingerprint density at radius 1 is 1.56 bits per heavy atom. The maximum atomic E-state index is 9.95. The Kier molecular flexibility index (Phi) is 8.38. The van der Waals surface area contributed by atoms with E-state index in [1.807, 2.05) is 0 Å². The molecule has 6 heteroatoms. The average Bonchev–Trinajstić information content (AvgIpc) is 1.87. The van der Waals surface area contributed by atoms with Crippen molar-refractivity contribution >= 4 is 0 Å². The quantitative estimate of drug-likeness (QED) is 0.629. The van der Waals surface area contributed by atoms with Crippen LogP contribution in [0.15, 0.2) is 9.21 Å². The van der Waals surface area contributed by atoms with Gasteiger partial charge in [-0.3, -0.25) is 4.79 Å². The van der Waals surface area contributed by atoms with Gasteiger partial charge in [-0.15, -0.1) is 0 Å². The second kappa shape index (κ2) is 5.90. The molecule has 0 aliphatic rings. The third-order valence-corrected chi connectivity index (χ3v) is 0.507. The SMILES string of the molecule is Cc1n[n-]c(=O)o1.[Y].[Y]. The van der Waals surface area contributed by atoms with Crippen LogP contribution >= 0.6 is 0 Å². The van der Waals surface area contributed by atoms with Gasteiger partial charge in [0, 0.05) is 72.3 Å². The Balaban J connectivity index is 0. The minimum Gasteiger partial charge on any atom is -0.505 e. The predicted octanol–water partition coefficient (Wildman–Crippen LogP) is -0.705. The summed E-state index contributed by atoms with van der Waals surface area (Å²) in [5.41, 5.74) is 0. The molecule has 0 unspecified atom stereocenters. The zero-order valence-electron chi connectivity index (χ0n) is 4.87. The fraction of sp³-hybridized carbons (Fsp3) is 0.333. The molecule has 0 saturated carbocycles. The van der Waals surface area contributed by atoms with Crippen LogP contribution in [-0.2, 0) is 65.4 Å². The molecule has 0 amide bonds. The van der Waals surface area contributed by atoms with Gasteiger partial charge in [-0.25, -0.2) is 0 Å². The summed E-state index contributed by atoms with van der Waals surface area (Å²) in [6.45, 7) is 1.56. The van der Waals surface area contributed by atoms with E-state index in [0.717, 1.165) is 0 Å². The van der Waals surface area contributed by atoms with E-state index in [4.69, 9.17) is 0 Å². The van der Waals surface area contributed by atoms with Gasteiger partial charge in [0.05, 0.1) is 0 Å². The van der Waals surface area contributed by atoms with Crippen molar-refractivity contribution in [3.05, 3.63) is 16.4 Å². The zero-order valence-corrected chi connectivity index (χ0v) is 10.5. The van der Waals surface area contributed by atoms with Crippen LogP contribution in [0.5, 0.6) is 0 Å². The van der Waals surface area contributed by atoms with Crippen LogP contribution in [-0.4, -0.2) is 5.10 Å². The first-order valence-electron chi connectivity index (χ1n) is 1.76. The maximum absolute atomic E-state index is 9.95. The molecule has 0 aromatic carbocycles. The molecule has 1 aromatic rings. The molecule has 1 rings (SSSR count). The Bertz CT molecular complexity index is 206. The first kappa shape index (κ1) is 12.8. The standard InChI is InChI=1S/C3H4N2O2.2Y/c1-2-4-5-3(6)7-2;;/h1H3,(H,5,6);;/p-1. The summed E-state index contributed by atoms with van der Waals surface area (Å²) in [5.74, 6) is -0.317. The van der Waals surface area contributed by atoms with E-state index in [0.29, 0.717) is 5.89 Å². The third-order valence-electron chi connectivity index (χ3n) is 0.507. The van der Waals surface area contributed by atoms with Crippen molar-refractivity contribution in [2.75, 3.05) is 0 Å². The summed E-state index contributed by atoms with van der Waals surface area (Å²) in [7, 11) is 0. The van der Waals surface area contributed by atoms with E-state index < -0.39 is 5.76 Å². The molecule has 0 aliphatic carbocycles. The molecule has 4 nitrogen and oxygen atoms in total. The van der Waals surface area contributed by atoms with Crippen molar-refractivity contribution in [3.63, 3.8) is 0 Å². The molecule has 9 heavy (non-hydrogen) atoms. The van der Waals surface area contributed by atoms with Crippen LogP contribution in [0.3, 0.4) is 0 Å². The third kappa shape index (κ3) is 4.54. The normalized spacial score (nSPS) is 7.22. The monoisotopic (exact) mass is 277 g/mol. The number of rotatable bonds is 0. The van der Waals surface area contributed by atoms with Gasteiger partial charge >= 0.3 is 0 Å². The van der Waals surface area contributed by atoms with E-state index in [9.17, 15) is 4.79 Å². The molecule has 0 fully saturated rings. The molecule has 0 saturated heterocycles. The van der Waals surface area contributed by atoms with Crippen molar-refractivity contribution in [1.29, 1.82) is 0 Å². The van der Waals surface area contributed by atoms with E-state index in [2.05, 4.69) is 14.6 Å². The van der Waals surface area contributed by atoms with Crippen molar-refractivity contribution in [2.24, 2.45) is 0 Å². The molecule has 44 valence electrons. The van der Waals surface area contributed by atoms with Crippen molar-refractivity contribution in [1.82, 2.24) is 10.2 Å². The van der Waals surface area contributed by atoms with Gasteiger partial charge in [0.2, 0.25) is 0 Å². The predicted molar refractivity (Wildman–Crippen MR) is 20.8 cm³/mol. The molecular formula is C3H3N2O2Y2-. The number of hydrogen-bond donors (Lipinski definition) is 0. The topological polar surface area (TPSA) is 57.2 Å². The second-order valence-electron chi connectivity index (χ2n) is 1.09. The Morgan fingerprint density at radius 3 is 2.22 bits per heavy atom. The van der Waals surface area contributed by atoms with Crippen molar-refractivity contribution in [2.45, 2.75) is 6.92 Å². The fourth-order valence-corrected chi connectivity index (χ4v) is 0.278. The fourth-order valence-electron chi connectivity index (χ4n) is 0.278. The summed E-state index contributed by atoms with van der Waals surface area (Å²) in [4.78, 5) is 9.95. The molecule has 1 aromatic heterocycles. The summed E-state index contributed by atoms with van der Waals surface area (Å²) in [6.07, 6.45) is 0. The van der Waals surface area contributed by atoms with Gasteiger partial charge < -0.3 is 14.6 Å². The zero-order chi connectivity index (χ0) is 5.28. The first-order chi connectivity index (χ1) is 3.29. The number of aromatic nitrogens is 2. The van der Waals surface area contributed by atoms with E-state index in [-0.39, 0.29) is 65.4 Å². The van der Waals surface area contributed by atoms with Crippen LogP contribution in [0.4, 0.5) is 0 Å². The summed E-state index contributed by atoms with van der Waals surface area (Å²) in [6, 6.07) is 0. The van der Waals surface area contributed by atoms with Crippen LogP contribution in [0.2, 0.25) is 0 Å². The summed E-state index contributed by atoms with van der Waals surface area (Å²) < 4.78 is 4.31. The van der Waals surface area contributed by atoms with Gasteiger partial charge in [0.1, 0.15) is 0 Å². The largest absolute Gasteiger partial charge is 0.505 e. The van der Waals surface area contributed by atoms with Gasteiger partial charge in [0.15, 0.2) is 5.89 Å². The Labute approximate surface area is 102 Å². The van der Waals surface area contributed by atoms with Crippen LogP contribution in [0.1, 0.15) is 5.89 Å². The molecule has 0 bridgehead atoms. The molecular weight excluding hydrogens is 274 g/mol. The Hall–Kier alpha value is 1.15. The van der Waals surface area contributed by atoms with E-state index in [1.165, 1.54) is 0 Å². The van der Waals surface area contributed by atoms with Crippen LogP contribution in [0.25, 0.3) is 0 Å². The first-order valence-corrected chi connectivity index (χ1v) is 1.76. The number of nitrogens with zero attached hydrogens (tertiary/aromatic N) is 2. The van der Waals surface area contributed by atoms with E-state index in [1.54, 1.807) is 6.92 Å². The smallest absolute Gasteiger partial charge is 0.253 e. The van der Waals surface area contributed by atoms with Crippen LogP contribution in [0, 0.1) is 6.92 Å². The minimum absolute atomic E-state index is 0. The van der Waals surface area contributed by atoms with Gasteiger partial charge in [-0.1, -0.05) is 0 Å².